The molecule has 1 saturated heterocycles. The van der Waals surface area contributed by atoms with Gasteiger partial charge >= 0.3 is 0 Å². The molecule has 1 aromatic rings. The van der Waals surface area contributed by atoms with E-state index in [1.165, 1.54) is 11.3 Å². The molecule has 6 nitrogen and oxygen atoms in total. The summed E-state index contributed by atoms with van der Waals surface area (Å²) in [5, 5.41) is 2.08. The van der Waals surface area contributed by atoms with E-state index in [0.717, 1.165) is 12.8 Å². The second-order valence-electron chi connectivity index (χ2n) is 4.48. The van der Waals surface area contributed by atoms with Crippen LogP contribution in [0.25, 0.3) is 0 Å². The van der Waals surface area contributed by atoms with Crippen molar-refractivity contribution in [2.24, 2.45) is 11.7 Å². The maximum atomic E-state index is 12.1. The second kappa shape index (κ2) is 5.34. The molecular formula is C11H16N4O2S. The number of carbonyl (C=O) groups excluding carboxylic acids is 2. The summed E-state index contributed by atoms with van der Waals surface area (Å²) >= 11 is 1.26. The van der Waals surface area contributed by atoms with Crippen LogP contribution < -0.4 is 11.5 Å². The van der Waals surface area contributed by atoms with Crippen molar-refractivity contribution in [2.75, 3.05) is 18.8 Å². The Hall–Kier alpha value is -1.63. The number of carbonyl (C=O) groups is 2. The Balaban J connectivity index is 1.90. The maximum Gasteiger partial charge on any atom is 0.273 e. The molecule has 0 atom stereocenters. The average molecular weight is 268 g/mol. The number of nitrogen functional groups attached to an aromatic ring is 1. The van der Waals surface area contributed by atoms with Crippen LogP contribution in [0.4, 0.5) is 5.13 Å². The van der Waals surface area contributed by atoms with Gasteiger partial charge in [0.1, 0.15) is 5.69 Å². The molecule has 18 heavy (non-hydrogen) atoms. The van der Waals surface area contributed by atoms with E-state index in [2.05, 4.69) is 4.98 Å². The Morgan fingerprint density at radius 3 is 2.61 bits per heavy atom. The maximum absolute atomic E-state index is 12.1. The van der Waals surface area contributed by atoms with Crippen LogP contribution in [-0.4, -0.2) is 34.8 Å². The van der Waals surface area contributed by atoms with Crippen LogP contribution in [0.15, 0.2) is 5.38 Å². The molecule has 0 aliphatic carbocycles. The second-order valence-corrected chi connectivity index (χ2v) is 5.37. The van der Waals surface area contributed by atoms with Crippen molar-refractivity contribution in [2.45, 2.75) is 19.3 Å². The summed E-state index contributed by atoms with van der Waals surface area (Å²) in [6, 6.07) is 0. The first kappa shape index (κ1) is 12.8. The molecule has 0 aromatic carbocycles. The molecule has 7 heteroatoms. The fourth-order valence-electron chi connectivity index (χ4n) is 2.17. The van der Waals surface area contributed by atoms with Crippen LogP contribution in [0.3, 0.4) is 0 Å². The molecule has 0 bridgehead atoms. The van der Waals surface area contributed by atoms with E-state index in [1.54, 1.807) is 10.3 Å². The van der Waals surface area contributed by atoms with Crippen molar-refractivity contribution >= 4 is 28.3 Å². The van der Waals surface area contributed by atoms with Crippen molar-refractivity contribution in [1.29, 1.82) is 0 Å². The van der Waals surface area contributed by atoms with Crippen molar-refractivity contribution in [3.05, 3.63) is 11.1 Å². The molecular weight excluding hydrogens is 252 g/mol. The normalized spacial score (nSPS) is 16.8. The van der Waals surface area contributed by atoms with Crippen LogP contribution in [0.2, 0.25) is 0 Å². The molecule has 0 unspecified atom stereocenters. The molecule has 4 N–H and O–H groups in total. The van der Waals surface area contributed by atoms with Crippen LogP contribution in [0, 0.1) is 5.92 Å². The molecule has 0 spiro atoms. The minimum absolute atomic E-state index is 0.0829. The van der Waals surface area contributed by atoms with Crippen LogP contribution in [0.1, 0.15) is 29.8 Å². The average Bonchev–Trinajstić information content (AvgIpc) is 2.75. The van der Waals surface area contributed by atoms with E-state index in [4.69, 9.17) is 11.5 Å². The number of rotatable bonds is 3. The number of primary amides is 1. The van der Waals surface area contributed by atoms with Gasteiger partial charge in [0.2, 0.25) is 5.91 Å². The Bertz CT molecular complexity index is 452. The summed E-state index contributed by atoms with van der Waals surface area (Å²) in [6.45, 7) is 1.29. The number of hydrogen-bond acceptors (Lipinski definition) is 5. The fourth-order valence-corrected chi connectivity index (χ4v) is 2.71. The lowest BCUT2D eigenvalue weighted by molar-refractivity contribution is -0.119. The van der Waals surface area contributed by atoms with Gasteiger partial charge in [-0.2, -0.15) is 0 Å². The zero-order valence-corrected chi connectivity index (χ0v) is 10.8. The van der Waals surface area contributed by atoms with Gasteiger partial charge in [0.05, 0.1) is 0 Å². The fraction of sp³-hybridized carbons (Fsp3) is 0.545. The highest BCUT2D eigenvalue weighted by Crippen LogP contribution is 2.22. The van der Waals surface area contributed by atoms with E-state index >= 15 is 0 Å². The number of amides is 2. The number of anilines is 1. The molecule has 0 radical (unpaired) electrons. The van der Waals surface area contributed by atoms with Crippen LogP contribution >= 0.6 is 11.3 Å². The van der Waals surface area contributed by atoms with Crippen molar-refractivity contribution < 1.29 is 9.59 Å². The monoisotopic (exact) mass is 268 g/mol. The lowest BCUT2D eigenvalue weighted by atomic mass is 9.93. The van der Waals surface area contributed by atoms with Gasteiger partial charge < -0.3 is 16.4 Å². The first-order valence-corrected chi connectivity index (χ1v) is 6.73. The van der Waals surface area contributed by atoms with Crippen molar-refractivity contribution in [3.8, 4) is 0 Å². The van der Waals surface area contributed by atoms with E-state index < -0.39 is 0 Å². The van der Waals surface area contributed by atoms with E-state index in [9.17, 15) is 9.59 Å². The third kappa shape index (κ3) is 2.98. The van der Waals surface area contributed by atoms with Gasteiger partial charge in [-0.3, -0.25) is 9.59 Å². The van der Waals surface area contributed by atoms with Crippen LogP contribution in [0.5, 0.6) is 0 Å². The summed E-state index contributed by atoms with van der Waals surface area (Å²) in [5.41, 5.74) is 11.1. The summed E-state index contributed by atoms with van der Waals surface area (Å²) in [4.78, 5) is 28.6. The van der Waals surface area contributed by atoms with Gasteiger partial charge in [-0.15, -0.1) is 11.3 Å². The smallest absolute Gasteiger partial charge is 0.273 e. The summed E-state index contributed by atoms with van der Waals surface area (Å²) in [6.07, 6.45) is 2.04. The van der Waals surface area contributed by atoms with Crippen LogP contribution in [-0.2, 0) is 4.79 Å². The molecule has 1 fully saturated rings. The molecule has 2 heterocycles. The number of likely N-dealkylation sites (tertiary alicyclic amines) is 1. The van der Waals surface area contributed by atoms with Gasteiger partial charge in [-0.05, 0) is 18.8 Å². The quantitative estimate of drug-likeness (QED) is 0.830. The first-order chi connectivity index (χ1) is 8.56. The third-order valence-corrected chi connectivity index (χ3v) is 3.81. The molecule has 2 amide bonds. The molecule has 0 saturated carbocycles. The number of nitrogens with zero attached hydrogens (tertiary/aromatic N) is 2. The van der Waals surface area contributed by atoms with Gasteiger partial charge in [-0.25, -0.2) is 4.98 Å². The minimum atomic E-state index is -0.271. The van der Waals surface area contributed by atoms with Gasteiger partial charge in [-0.1, -0.05) is 0 Å². The first-order valence-electron chi connectivity index (χ1n) is 5.85. The largest absolute Gasteiger partial charge is 0.375 e. The standard InChI is InChI=1S/C11H16N4O2S/c12-9(16)5-7-1-3-15(4-2-7)10(17)8-6-18-11(13)14-8/h6-7H,1-5H2,(H2,12,16)(H2,13,14). The highest BCUT2D eigenvalue weighted by molar-refractivity contribution is 7.13. The number of piperidine rings is 1. The predicted molar refractivity (Wildman–Crippen MR) is 69.0 cm³/mol. The highest BCUT2D eigenvalue weighted by atomic mass is 32.1. The highest BCUT2D eigenvalue weighted by Gasteiger charge is 2.25. The number of thiazole rings is 1. The number of hydrogen-bond donors (Lipinski definition) is 2. The van der Waals surface area contributed by atoms with Crippen molar-refractivity contribution in [1.82, 2.24) is 9.88 Å². The Labute approximate surface area is 109 Å². The summed E-state index contributed by atoms with van der Waals surface area (Å²) < 4.78 is 0. The predicted octanol–water partition coefficient (Wildman–Crippen LogP) is 0.453. The zero-order valence-electron chi connectivity index (χ0n) is 9.96. The van der Waals surface area contributed by atoms with E-state index in [1.807, 2.05) is 0 Å². The van der Waals surface area contributed by atoms with Gasteiger partial charge in [0, 0.05) is 24.9 Å². The topological polar surface area (TPSA) is 102 Å². The SMILES string of the molecule is NC(=O)CC1CCN(C(=O)c2csc(N)n2)CC1. The lowest BCUT2D eigenvalue weighted by Gasteiger charge is -2.31. The Morgan fingerprint density at radius 1 is 1.44 bits per heavy atom. The Morgan fingerprint density at radius 2 is 2.11 bits per heavy atom. The van der Waals surface area contributed by atoms with E-state index in [0.29, 0.717) is 36.3 Å². The number of nitrogens with two attached hydrogens (primary N) is 2. The zero-order chi connectivity index (χ0) is 13.1. The third-order valence-electron chi connectivity index (χ3n) is 3.13. The van der Waals surface area contributed by atoms with Gasteiger partial charge in [0.25, 0.3) is 5.91 Å². The molecule has 1 aromatic heterocycles. The molecule has 98 valence electrons. The Kier molecular flexibility index (Phi) is 3.81. The van der Waals surface area contributed by atoms with Crippen molar-refractivity contribution in [3.63, 3.8) is 0 Å². The molecule has 2 rings (SSSR count). The summed E-state index contributed by atoms with van der Waals surface area (Å²) in [7, 11) is 0. The molecule has 1 aliphatic rings. The van der Waals surface area contributed by atoms with Gasteiger partial charge in [0.15, 0.2) is 5.13 Å². The van der Waals surface area contributed by atoms with E-state index in [-0.39, 0.29) is 11.8 Å². The number of aromatic nitrogens is 1. The lowest BCUT2D eigenvalue weighted by Crippen LogP contribution is -2.39. The minimum Gasteiger partial charge on any atom is -0.375 e. The molecule has 1 aliphatic heterocycles. The summed E-state index contributed by atoms with van der Waals surface area (Å²) in [5.74, 6) is -0.0559.